The van der Waals surface area contributed by atoms with Gasteiger partial charge in [0, 0.05) is 24.0 Å². The Morgan fingerprint density at radius 3 is 1.38 bits per heavy atom. The Balaban J connectivity index is 1.48. The van der Waals surface area contributed by atoms with Crippen molar-refractivity contribution in [2.24, 2.45) is 70.0 Å². The predicted molar refractivity (Wildman–Crippen MR) is 84.4 cm³/mol. The summed E-state index contributed by atoms with van der Waals surface area (Å²) in [7, 11) is 0. The van der Waals surface area contributed by atoms with Gasteiger partial charge in [-0.15, -0.1) is 0 Å². The van der Waals surface area contributed by atoms with Gasteiger partial charge in [-0.05, 0) is 84.9 Å². The van der Waals surface area contributed by atoms with Gasteiger partial charge in [-0.3, -0.25) is 0 Å². The highest BCUT2D eigenvalue weighted by Gasteiger charge is 2.96. The molecule has 0 saturated heterocycles. The number of rotatable bonds is 2. The molecule has 0 aliphatic heterocycles. The first-order valence-electron chi connectivity index (χ1n) is 10.2. The van der Waals surface area contributed by atoms with E-state index >= 15 is 0 Å². The molecule has 8 fully saturated rings. The highest BCUT2D eigenvalue weighted by molar-refractivity contribution is 5.42. The van der Waals surface area contributed by atoms with Gasteiger partial charge < -0.3 is 20.4 Å². The van der Waals surface area contributed by atoms with Crippen LogP contribution in [-0.4, -0.2) is 45.8 Å². The second kappa shape index (κ2) is 3.76. The molecule has 14 atom stereocenters. The predicted octanol–water partition coefficient (Wildman–Crippen LogP) is 0.483. The molecule has 0 radical (unpaired) electrons. The number of hydrogen-bond donors (Lipinski definition) is 4. The van der Waals surface area contributed by atoms with E-state index < -0.39 is 0 Å². The van der Waals surface area contributed by atoms with Crippen molar-refractivity contribution < 1.29 is 20.4 Å². The minimum absolute atomic E-state index is 0.149. The maximum absolute atomic E-state index is 10.7. The van der Waals surface area contributed by atoms with Crippen LogP contribution in [0.5, 0.6) is 0 Å². The van der Waals surface area contributed by atoms with Gasteiger partial charge in [-0.2, -0.15) is 0 Å². The molecule has 4 nitrogen and oxygen atoms in total. The largest absolute Gasteiger partial charge is 0.396 e. The topological polar surface area (TPSA) is 80.9 Å². The van der Waals surface area contributed by atoms with E-state index in [2.05, 4.69) is 0 Å². The van der Waals surface area contributed by atoms with Crippen LogP contribution in [0.4, 0.5) is 0 Å². The summed E-state index contributed by atoms with van der Waals surface area (Å²) in [6, 6.07) is 0. The summed E-state index contributed by atoms with van der Waals surface area (Å²) >= 11 is 0. The van der Waals surface area contributed by atoms with Crippen LogP contribution in [0.25, 0.3) is 0 Å². The quantitative estimate of drug-likeness (QED) is 0.593. The van der Waals surface area contributed by atoms with E-state index in [4.69, 9.17) is 0 Å². The van der Waals surface area contributed by atoms with Crippen molar-refractivity contribution in [3.8, 4) is 0 Å². The second-order valence-electron chi connectivity index (χ2n) is 10.4. The monoisotopic (exact) mass is 332 g/mol. The zero-order valence-electron chi connectivity index (χ0n) is 14.0. The van der Waals surface area contributed by atoms with E-state index in [1.807, 2.05) is 0 Å². The SMILES string of the molecule is OC[C@]12[C@@H]3[C@H]4[C@@H](CC[C@@H]4O)[C@@H]4[C@H]3[C@@H]3[C@H]([C@@H]5[C@H](CC[C@H]5O)[C@@H]31)[C@]42CO. The van der Waals surface area contributed by atoms with Crippen molar-refractivity contribution in [1.82, 2.24) is 0 Å². The average molecular weight is 332 g/mol. The van der Waals surface area contributed by atoms with Crippen LogP contribution in [0.3, 0.4) is 0 Å². The van der Waals surface area contributed by atoms with E-state index in [0.717, 1.165) is 25.7 Å². The molecule has 8 rings (SSSR count). The fraction of sp³-hybridized carbons (Fsp3) is 1.00. The van der Waals surface area contributed by atoms with Crippen LogP contribution in [0.15, 0.2) is 0 Å². The summed E-state index contributed by atoms with van der Waals surface area (Å²) in [6.45, 7) is 0.385. The van der Waals surface area contributed by atoms with Crippen molar-refractivity contribution in [3.63, 3.8) is 0 Å². The maximum Gasteiger partial charge on any atom is 0.0574 e. The molecule has 0 amide bonds. The summed E-state index contributed by atoms with van der Waals surface area (Å²) in [4.78, 5) is 0. The lowest BCUT2D eigenvalue weighted by Gasteiger charge is -2.60. The van der Waals surface area contributed by atoms with Crippen molar-refractivity contribution in [2.75, 3.05) is 13.2 Å². The van der Waals surface area contributed by atoms with Gasteiger partial charge in [0.2, 0.25) is 0 Å². The number of aliphatic hydroxyl groups excluding tert-OH is 4. The Morgan fingerprint density at radius 2 is 1.00 bits per heavy atom. The summed E-state index contributed by atoms with van der Waals surface area (Å²) in [6.07, 6.45) is 3.66. The molecule has 0 aromatic carbocycles. The van der Waals surface area contributed by atoms with Crippen molar-refractivity contribution in [1.29, 1.82) is 0 Å². The van der Waals surface area contributed by atoms with Gasteiger partial charge in [-0.25, -0.2) is 0 Å². The molecule has 4 heteroatoms. The van der Waals surface area contributed by atoms with Gasteiger partial charge in [0.05, 0.1) is 12.2 Å². The Bertz CT molecular complexity index is 583. The third-order valence-electron chi connectivity index (χ3n) is 11.1. The van der Waals surface area contributed by atoms with Crippen LogP contribution in [0.2, 0.25) is 0 Å². The first-order valence-corrected chi connectivity index (χ1v) is 10.2. The van der Waals surface area contributed by atoms with Gasteiger partial charge in [0.1, 0.15) is 0 Å². The Kier molecular flexibility index (Phi) is 2.19. The molecule has 0 unspecified atom stereocenters. The van der Waals surface area contributed by atoms with Crippen LogP contribution in [0, 0.1) is 70.0 Å². The van der Waals surface area contributed by atoms with Crippen molar-refractivity contribution >= 4 is 0 Å². The number of fused-ring (bicyclic) bond motifs is 2. The molecule has 132 valence electrons. The normalized spacial score (nSPS) is 75.5. The molecule has 4 N–H and O–H groups in total. The molecule has 8 aliphatic carbocycles. The lowest BCUT2D eigenvalue weighted by Crippen LogP contribution is -2.62. The van der Waals surface area contributed by atoms with E-state index in [-0.39, 0.29) is 36.3 Å². The first kappa shape index (κ1) is 14.0. The maximum atomic E-state index is 10.7. The molecule has 0 aromatic heterocycles. The van der Waals surface area contributed by atoms with Crippen molar-refractivity contribution in [3.05, 3.63) is 0 Å². The fourth-order valence-electron chi connectivity index (χ4n) is 11.6. The van der Waals surface area contributed by atoms with Crippen LogP contribution < -0.4 is 0 Å². The zero-order valence-corrected chi connectivity index (χ0v) is 14.0. The summed E-state index contributed by atoms with van der Waals surface area (Å²) in [5.74, 6) is 4.98. The Hall–Kier alpha value is -0.160. The molecule has 8 bridgehead atoms. The molecule has 0 spiro atoms. The van der Waals surface area contributed by atoms with E-state index in [0.29, 0.717) is 59.2 Å². The van der Waals surface area contributed by atoms with Crippen LogP contribution >= 0.6 is 0 Å². The molecule has 8 saturated carbocycles. The molecule has 24 heavy (non-hydrogen) atoms. The van der Waals surface area contributed by atoms with E-state index in [1.54, 1.807) is 0 Å². The second-order valence-corrected chi connectivity index (χ2v) is 10.4. The molecular formula is C20H28O4. The third kappa shape index (κ3) is 0.933. The summed E-state index contributed by atoms with van der Waals surface area (Å²) in [5, 5.41) is 42.8. The third-order valence-corrected chi connectivity index (χ3v) is 11.1. The zero-order chi connectivity index (χ0) is 16.2. The van der Waals surface area contributed by atoms with Gasteiger partial charge >= 0.3 is 0 Å². The highest BCUT2D eigenvalue weighted by atomic mass is 16.3. The average Bonchev–Trinajstić information content (AvgIpc) is 3.36. The van der Waals surface area contributed by atoms with Crippen LogP contribution in [-0.2, 0) is 0 Å². The fourth-order valence-corrected chi connectivity index (χ4v) is 11.6. The molecular weight excluding hydrogens is 304 g/mol. The molecule has 0 heterocycles. The van der Waals surface area contributed by atoms with E-state index in [9.17, 15) is 20.4 Å². The minimum Gasteiger partial charge on any atom is -0.396 e. The highest BCUT2D eigenvalue weighted by Crippen LogP contribution is 2.96. The minimum atomic E-state index is -0.185. The number of hydrogen-bond acceptors (Lipinski definition) is 4. The van der Waals surface area contributed by atoms with Crippen LogP contribution in [0.1, 0.15) is 25.7 Å². The summed E-state index contributed by atoms with van der Waals surface area (Å²) < 4.78 is 0. The van der Waals surface area contributed by atoms with Gasteiger partial charge in [0.15, 0.2) is 0 Å². The Morgan fingerprint density at radius 1 is 0.583 bits per heavy atom. The van der Waals surface area contributed by atoms with Gasteiger partial charge in [0.25, 0.3) is 0 Å². The first-order chi connectivity index (χ1) is 11.6. The van der Waals surface area contributed by atoms with E-state index in [1.165, 1.54) is 0 Å². The molecule has 8 aliphatic rings. The summed E-state index contributed by atoms with van der Waals surface area (Å²) in [5.41, 5.74) is -0.297. The Labute approximate surface area is 142 Å². The standard InChI is InChI=1S/C20H28O4/c21-5-19-15-7-1-3-9(23)11(7)17-13(15)14-16(20(17,19)6-22)8-2-4-10(24)12(8)18(14)19/h7-18,21-24H,1-6H2/t7-,8+,9+,10-,11+,12-,13-,14+,15-,16+,17-,18+,19+,20-. The lowest BCUT2D eigenvalue weighted by molar-refractivity contribution is -0.196. The van der Waals surface area contributed by atoms with Crippen molar-refractivity contribution in [2.45, 2.75) is 37.9 Å². The molecule has 0 aromatic rings. The number of aliphatic hydroxyl groups is 4. The smallest absolute Gasteiger partial charge is 0.0574 e. The van der Waals surface area contributed by atoms with Gasteiger partial charge in [-0.1, -0.05) is 0 Å². The lowest BCUT2D eigenvalue weighted by atomic mass is 9.44.